The lowest BCUT2D eigenvalue weighted by atomic mass is 9.88. The smallest absolute Gasteiger partial charge is 0.206 e. The summed E-state index contributed by atoms with van der Waals surface area (Å²) in [6, 6.07) is 8.57. The molecule has 3 aromatic rings. The first-order valence-electron chi connectivity index (χ1n) is 8.73. The highest BCUT2D eigenvalue weighted by atomic mass is 16.1. The minimum Gasteiger partial charge on any atom is -0.359 e. The van der Waals surface area contributed by atoms with Crippen molar-refractivity contribution >= 4 is 28.0 Å². The number of aromatic nitrogens is 2. The van der Waals surface area contributed by atoms with Gasteiger partial charge in [0.25, 0.3) is 0 Å². The molecule has 4 nitrogen and oxygen atoms in total. The molecule has 25 heavy (non-hydrogen) atoms. The summed E-state index contributed by atoms with van der Waals surface area (Å²) >= 11 is 0. The number of carbonyl (C=O) groups is 1. The highest BCUT2D eigenvalue weighted by Gasteiger charge is 2.31. The molecule has 1 saturated carbocycles. The van der Waals surface area contributed by atoms with Gasteiger partial charge in [-0.2, -0.15) is 0 Å². The largest absolute Gasteiger partial charge is 0.359 e. The van der Waals surface area contributed by atoms with Crippen LogP contribution in [-0.2, 0) is 4.79 Å². The molecule has 124 valence electrons. The molecule has 5 rings (SSSR count). The van der Waals surface area contributed by atoms with Crippen molar-refractivity contribution in [3.05, 3.63) is 64.6 Å². The van der Waals surface area contributed by atoms with Gasteiger partial charge in [0.1, 0.15) is 5.71 Å². The molecular weight excluding hydrogens is 310 g/mol. The van der Waals surface area contributed by atoms with Crippen LogP contribution in [0.2, 0.25) is 0 Å². The van der Waals surface area contributed by atoms with Crippen LogP contribution in [0.15, 0.2) is 41.5 Å². The number of ketones is 1. The van der Waals surface area contributed by atoms with Crippen molar-refractivity contribution in [1.29, 1.82) is 0 Å². The number of nitrogens with zero attached hydrogens (tertiary/aromatic N) is 1. The third kappa shape index (κ3) is 2.14. The third-order valence-corrected chi connectivity index (χ3v) is 5.19. The van der Waals surface area contributed by atoms with Gasteiger partial charge in [-0.15, -0.1) is 0 Å². The van der Waals surface area contributed by atoms with Gasteiger partial charge in [0, 0.05) is 28.2 Å². The number of aliphatic imine (C=N–C) groups is 1. The number of aromatic amines is 2. The van der Waals surface area contributed by atoms with Gasteiger partial charge in [-0.1, -0.05) is 18.2 Å². The molecule has 1 fully saturated rings. The van der Waals surface area contributed by atoms with Crippen LogP contribution in [0.3, 0.4) is 0 Å². The maximum atomic E-state index is 12.8. The SMILES string of the molecule is Cc1c[nH]c2c1C(c1[nH]c3ccccc3c1C)=CC(=O)C2=NC1CC1. The summed E-state index contributed by atoms with van der Waals surface area (Å²) in [6.45, 7) is 4.18. The first-order chi connectivity index (χ1) is 12.1. The van der Waals surface area contributed by atoms with Crippen molar-refractivity contribution < 1.29 is 4.79 Å². The Morgan fingerprint density at radius 2 is 1.92 bits per heavy atom. The second-order valence-corrected chi connectivity index (χ2v) is 7.02. The number of hydrogen-bond acceptors (Lipinski definition) is 2. The molecular formula is C21H19N3O. The summed E-state index contributed by atoms with van der Waals surface area (Å²) in [5.74, 6) is -0.00527. The monoisotopic (exact) mass is 329 g/mol. The van der Waals surface area contributed by atoms with Crippen LogP contribution < -0.4 is 0 Å². The zero-order valence-electron chi connectivity index (χ0n) is 14.3. The van der Waals surface area contributed by atoms with Crippen LogP contribution >= 0.6 is 0 Å². The Morgan fingerprint density at radius 3 is 2.68 bits per heavy atom. The average molecular weight is 329 g/mol. The van der Waals surface area contributed by atoms with E-state index in [1.54, 1.807) is 6.08 Å². The second kappa shape index (κ2) is 5.06. The van der Waals surface area contributed by atoms with Gasteiger partial charge in [0.2, 0.25) is 5.78 Å². The maximum Gasteiger partial charge on any atom is 0.206 e. The maximum absolute atomic E-state index is 12.8. The standard InChI is InChI=1S/C21H19N3O/c1-11-10-22-21-18(11)15(9-17(25)20(21)23-13-7-8-13)19-12(2)14-5-3-4-6-16(14)24-19/h3-6,9-10,13,22,24H,7-8H2,1-2H3. The molecule has 0 saturated heterocycles. The van der Waals surface area contributed by atoms with E-state index in [1.807, 2.05) is 18.3 Å². The van der Waals surface area contributed by atoms with Crippen LogP contribution in [0, 0.1) is 13.8 Å². The van der Waals surface area contributed by atoms with E-state index in [9.17, 15) is 4.79 Å². The molecule has 1 aromatic carbocycles. The van der Waals surface area contributed by atoms with Crippen molar-refractivity contribution in [2.24, 2.45) is 4.99 Å². The van der Waals surface area contributed by atoms with E-state index in [2.05, 4.69) is 40.9 Å². The number of allylic oxidation sites excluding steroid dienone is 1. The summed E-state index contributed by atoms with van der Waals surface area (Å²) in [5.41, 5.74) is 7.92. The molecule has 0 aliphatic heterocycles. The van der Waals surface area contributed by atoms with E-state index in [0.29, 0.717) is 11.8 Å². The van der Waals surface area contributed by atoms with Crippen molar-refractivity contribution in [3.63, 3.8) is 0 Å². The van der Waals surface area contributed by atoms with E-state index in [-0.39, 0.29) is 5.78 Å². The number of H-pyrrole nitrogens is 2. The second-order valence-electron chi connectivity index (χ2n) is 7.02. The van der Waals surface area contributed by atoms with Gasteiger partial charge in [-0.3, -0.25) is 9.79 Å². The summed E-state index contributed by atoms with van der Waals surface area (Å²) in [6.07, 6.45) is 5.90. The highest BCUT2D eigenvalue weighted by Crippen LogP contribution is 2.37. The minimum absolute atomic E-state index is 0.00527. The van der Waals surface area contributed by atoms with E-state index in [1.165, 1.54) is 10.9 Å². The Balaban J connectivity index is 1.75. The fourth-order valence-corrected chi connectivity index (χ4v) is 3.71. The van der Waals surface area contributed by atoms with Gasteiger partial charge in [0.05, 0.1) is 17.4 Å². The fraction of sp³-hybridized carbons (Fsp3) is 0.238. The van der Waals surface area contributed by atoms with Gasteiger partial charge >= 0.3 is 0 Å². The molecule has 0 spiro atoms. The van der Waals surface area contributed by atoms with Crippen molar-refractivity contribution in [3.8, 4) is 0 Å². The van der Waals surface area contributed by atoms with E-state index >= 15 is 0 Å². The molecule has 2 heterocycles. The zero-order chi connectivity index (χ0) is 17.1. The normalized spacial score (nSPS) is 18.7. The molecule has 2 N–H and O–H groups in total. The zero-order valence-corrected chi connectivity index (χ0v) is 14.3. The Kier molecular flexibility index (Phi) is 2.93. The fourth-order valence-electron chi connectivity index (χ4n) is 3.71. The van der Waals surface area contributed by atoms with E-state index in [4.69, 9.17) is 0 Å². The Bertz CT molecular complexity index is 1090. The van der Waals surface area contributed by atoms with Crippen LogP contribution in [0.5, 0.6) is 0 Å². The Morgan fingerprint density at radius 1 is 1.12 bits per heavy atom. The van der Waals surface area contributed by atoms with Crippen molar-refractivity contribution in [2.45, 2.75) is 32.7 Å². The highest BCUT2D eigenvalue weighted by molar-refractivity contribution is 6.52. The van der Waals surface area contributed by atoms with Gasteiger partial charge < -0.3 is 9.97 Å². The average Bonchev–Trinajstić information content (AvgIpc) is 3.26. The lowest BCUT2D eigenvalue weighted by Gasteiger charge is -2.16. The molecule has 0 bridgehead atoms. The number of fused-ring (bicyclic) bond motifs is 2. The number of hydrogen-bond donors (Lipinski definition) is 2. The number of benzene rings is 1. The number of nitrogens with one attached hydrogen (secondary N) is 2. The number of carbonyl (C=O) groups excluding carboxylic acids is 1. The van der Waals surface area contributed by atoms with Crippen molar-refractivity contribution in [2.75, 3.05) is 0 Å². The molecule has 2 aliphatic rings. The molecule has 2 aliphatic carbocycles. The van der Waals surface area contributed by atoms with Crippen LogP contribution in [0.4, 0.5) is 0 Å². The van der Waals surface area contributed by atoms with Gasteiger partial charge in [0.15, 0.2) is 0 Å². The van der Waals surface area contributed by atoms with E-state index in [0.717, 1.165) is 46.4 Å². The summed E-state index contributed by atoms with van der Waals surface area (Å²) in [5, 5.41) is 1.19. The molecule has 0 radical (unpaired) electrons. The lowest BCUT2D eigenvalue weighted by Crippen LogP contribution is -2.21. The number of rotatable bonds is 2. The first-order valence-corrected chi connectivity index (χ1v) is 8.73. The molecule has 4 heteroatoms. The summed E-state index contributed by atoms with van der Waals surface area (Å²) < 4.78 is 0. The van der Waals surface area contributed by atoms with Crippen LogP contribution in [0.25, 0.3) is 16.5 Å². The van der Waals surface area contributed by atoms with E-state index < -0.39 is 0 Å². The Labute approximate surface area is 145 Å². The lowest BCUT2D eigenvalue weighted by molar-refractivity contribution is -0.108. The molecule has 2 aromatic heterocycles. The predicted octanol–water partition coefficient (Wildman–Crippen LogP) is 4.08. The predicted molar refractivity (Wildman–Crippen MR) is 100 cm³/mol. The van der Waals surface area contributed by atoms with Crippen molar-refractivity contribution in [1.82, 2.24) is 9.97 Å². The van der Waals surface area contributed by atoms with Crippen LogP contribution in [-0.4, -0.2) is 27.5 Å². The molecule has 0 amide bonds. The topological polar surface area (TPSA) is 61.0 Å². The van der Waals surface area contributed by atoms with Gasteiger partial charge in [-0.05, 0) is 50.0 Å². The summed E-state index contributed by atoms with van der Waals surface area (Å²) in [4.78, 5) is 24.2. The molecule has 0 atom stereocenters. The summed E-state index contributed by atoms with van der Waals surface area (Å²) in [7, 11) is 0. The third-order valence-electron chi connectivity index (χ3n) is 5.19. The number of para-hydroxylation sites is 1. The van der Waals surface area contributed by atoms with Gasteiger partial charge in [-0.25, -0.2) is 0 Å². The Hall–Kier alpha value is -2.88. The minimum atomic E-state index is -0.00527. The first kappa shape index (κ1) is 14.5. The van der Waals surface area contributed by atoms with Crippen LogP contribution in [0.1, 0.15) is 40.9 Å². The quantitative estimate of drug-likeness (QED) is 0.731. The molecule has 0 unspecified atom stereocenters. The number of aryl methyl sites for hydroxylation is 2.